The maximum atomic E-state index is 12.5. The average molecular weight is 412 g/mol. The summed E-state index contributed by atoms with van der Waals surface area (Å²) in [6.07, 6.45) is 1.69. The summed E-state index contributed by atoms with van der Waals surface area (Å²) in [5.41, 5.74) is 4.49. The lowest BCUT2D eigenvalue weighted by atomic mass is 10.0. The van der Waals surface area contributed by atoms with Gasteiger partial charge in [0.1, 0.15) is 6.10 Å². The minimum atomic E-state index is -0.185. The average Bonchev–Trinajstić information content (AvgIpc) is 2.83. The standard InChI is InChI=1S/C25H24N4O2/c1-26-25(30)20-14-23(28-22-9-5-3-7-19(20)22)24-16-29(12-13-31-24)15-17-10-11-27-21-8-4-2-6-18(17)21/h2-11,14,24H,12-13,15-16H2,1H3,(H,26,30). The van der Waals surface area contributed by atoms with Crippen molar-refractivity contribution >= 4 is 27.7 Å². The molecule has 4 aromatic rings. The van der Waals surface area contributed by atoms with Crippen LogP contribution < -0.4 is 5.32 Å². The number of nitrogens with zero attached hydrogens (tertiary/aromatic N) is 3. The Bertz CT molecular complexity index is 1250. The zero-order valence-electron chi connectivity index (χ0n) is 17.4. The number of amides is 1. The molecule has 0 aliphatic carbocycles. The number of fused-ring (bicyclic) bond motifs is 2. The van der Waals surface area contributed by atoms with Crippen molar-refractivity contribution in [2.24, 2.45) is 0 Å². The summed E-state index contributed by atoms with van der Waals surface area (Å²) in [5, 5.41) is 4.77. The Labute approximate surface area is 180 Å². The fraction of sp³-hybridized carbons (Fsp3) is 0.240. The highest BCUT2D eigenvalue weighted by atomic mass is 16.5. The van der Waals surface area contributed by atoms with E-state index in [2.05, 4.69) is 33.4 Å². The lowest BCUT2D eigenvalue weighted by Crippen LogP contribution is -2.38. The van der Waals surface area contributed by atoms with Crippen LogP contribution >= 0.6 is 0 Å². The molecule has 1 fully saturated rings. The first-order valence-electron chi connectivity index (χ1n) is 10.5. The second kappa shape index (κ2) is 8.41. The summed E-state index contributed by atoms with van der Waals surface area (Å²) in [6, 6.07) is 19.9. The Morgan fingerprint density at radius 3 is 2.71 bits per heavy atom. The smallest absolute Gasteiger partial charge is 0.251 e. The number of hydrogen-bond acceptors (Lipinski definition) is 5. The maximum Gasteiger partial charge on any atom is 0.251 e. The van der Waals surface area contributed by atoms with Gasteiger partial charge in [0, 0.05) is 43.7 Å². The molecular formula is C25H24N4O2. The van der Waals surface area contributed by atoms with E-state index in [9.17, 15) is 4.79 Å². The number of ether oxygens (including phenoxy) is 1. The van der Waals surface area contributed by atoms with E-state index in [0.717, 1.165) is 41.7 Å². The maximum absolute atomic E-state index is 12.5. The molecule has 1 aliphatic rings. The zero-order valence-corrected chi connectivity index (χ0v) is 17.4. The molecule has 1 aliphatic heterocycles. The van der Waals surface area contributed by atoms with E-state index in [1.54, 1.807) is 7.05 Å². The Hall–Kier alpha value is -3.35. The molecule has 6 heteroatoms. The van der Waals surface area contributed by atoms with Crippen LogP contribution in [0, 0.1) is 0 Å². The van der Waals surface area contributed by atoms with Gasteiger partial charge in [-0.2, -0.15) is 0 Å². The van der Waals surface area contributed by atoms with Gasteiger partial charge in [0.2, 0.25) is 0 Å². The molecule has 0 radical (unpaired) electrons. The Kier molecular flexibility index (Phi) is 5.32. The van der Waals surface area contributed by atoms with Crippen molar-refractivity contribution in [1.29, 1.82) is 0 Å². The van der Waals surface area contributed by atoms with Gasteiger partial charge in [-0.25, -0.2) is 4.98 Å². The number of aromatic nitrogens is 2. The molecule has 2 aromatic heterocycles. The predicted octanol–water partition coefficient (Wildman–Crippen LogP) is 3.72. The number of pyridine rings is 2. The first-order chi connectivity index (χ1) is 15.2. The molecule has 5 rings (SSSR count). The SMILES string of the molecule is CNC(=O)c1cc(C2CN(Cc3ccnc4ccccc34)CCO2)nc2ccccc12. The minimum absolute atomic E-state index is 0.115. The van der Waals surface area contributed by atoms with Gasteiger partial charge in [-0.3, -0.25) is 14.7 Å². The van der Waals surface area contributed by atoms with Gasteiger partial charge in [0.15, 0.2) is 0 Å². The van der Waals surface area contributed by atoms with Crippen molar-refractivity contribution in [3.05, 3.63) is 83.7 Å². The summed E-state index contributed by atoms with van der Waals surface area (Å²) in [6.45, 7) is 3.01. The minimum Gasteiger partial charge on any atom is -0.369 e. The van der Waals surface area contributed by atoms with Gasteiger partial charge in [0.05, 0.1) is 28.9 Å². The van der Waals surface area contributed by atoms with Crippen LogP contribution in [0.2, 0.25) is 0 Å². The summed E-state index contributed by atoms with van der Waals surface area (Å²) in [5.74, 6) is -0.115. The highest BCUT2D eigenvalue weighted by molar-refractivity contribution is 6.06. The monoisotopic (exact) mass is 412 g/mol. The highest BCUT2D eigenvalue weighted by Crippen LogP contribution is 2.27. The zero-order chi connectivity index (χ0) is 21.2. The highest BCUT2D eigenvalue weighted by Gasteiger charge is 2.25. The van der Waals surface area contributed by atoms with E-state index in [4.69, 9.17) is 9.72 Å². The van der Waals surface area contributed by atoms with Crippen molar-refractivity contribution in [2.75, 3.05) is 26.7 Å². The Morgan fingerprint density at radius 2 is 1.87 bits per heavy atom. The van der Waals surface area contributed by atoms with Crippen LogP contribution in [-0.4, -0.2) is 47.5 Å². The normalized spacial score (nSPS) is 17.1. The van der Waals surface area contributed by atoms with Gasteiger partial charge < -0.3 is 10.1 Å². The van der Waals surface area contributed by atoms with Gasteiger partial charge in [-0.05, 0) is 29.8 Å². The lowest BCUT2D eigenvalue weighted by molar-refractivity contribution is -0.0347. The van der Waals surface area contributed by atoms with E-state index in [1.807, 2.05) is 48.7 Å². The number of carbonyl (C=O) groups is 1. The molecule has 1 N–H and O–H groups in total. The third-order valence-corrected chi connectivity index (χ3v) is 5.82. The molecular weight excluding hydrogens is 388 g/mol. The molecule has 0 bridgehead atoms. The summed E-state index contributed by atoms with van der Waals surface area (Å²) in [7, 11) is 1.65. The first-order valence-corrected chi connectivity index (χ1v) is 10.5. The van der Waals surface area contributed by atoms with Crippen molar-refractivity contribution in [3.63, 3.8) is 0 Å². The number of benzene rings is 2. The number of carbonyl (C=O) groups excluding carboxylic acids is 1. The number of morpholine rings is 1. The van der Waals surface area contributed by atoms with Gasteiger partial charge in [0.25, 0.3) is 5.91 Å². The summed E-state index contributed by atoms with van der Waals surface area (Å²) >= 11 is 0. The third kappa shape index (κ3) is 3.87. The van der Waals surface area contributed by atoms with Gasteiger partial charge >= 0.3 is 0 Å². The molecule has 3 heterocycles. The summed E-state index contributed by atoms with van der Waals surface area (Å²) < 4.78 is 6.09. The lowest BCUT2D eigenvalue weighted by Gasteiger charge is -2.33. The topological polar surface area (TPSA) is 67.4 Å². The van der Waals surface area contributed by atoms with E-state index >= 15 is 0 Å². The molecule has 31 heavy (non-hydrogen) atoms. The second-order valence-corrected chi connectivity index (χ2v) is 7.77. The van der Waals surface area contributed by atoms with E-state index in [1.165, 1.54) is 10.9 Å². The second-order valence-electron chi connectivity index (χ2n) is 7.77. The van der Waals surface area contributed by atoms with Crippen LogP contribution in [-0.2, 0) is 11.3 Å². The van der Waals surface area contributed by atoms with Crippen LogP contribution in [0.15, 0.2) is 66.9 Å². The van der Waals surface area contributed by atoms with Crippen molar-refractivity contribution in [2.45, 2.75) is 12.6 Å². The van der Waals surface area contributed by atoms with E-state index < -0.39 is 0 Å². The molecule has 1 saturated heterocycles. The number of nitrogens with one attached hydrogen (secondary N) is 1. The van der Waals surface area contributed by atoms with Crippen LogP contribution in [0.25, 0.3) is 21.8 Å². The molecule has 0 saturated carbocycles. The summed E-state index contributed by atoms with van der Waals surface area (Å²) in [4.78, 5) is 24.2. The molecule has 1 atom stereocenters. The fourth-order valence-electron chi connectivity index (χ4n) is 4.24. The Morgan fingerprint density at radius 1 is 1.10 bits per heavy atom. The largest absolute Gasteiger partial charge is 0.369 e. The quantitative estimate of drug-likeness (QED) is 0.553. The molecule has 156 valence electrons. The molecule has 6 nitrogen and oxygen atoms in total. The van der Waals surface area contributed by atoms with Crippen LogP contribution in [0.4, 0.5) is 0 Å². The molecule has 1 amide bonds. The van der Waals surface area contributed by atoms with Crippen molar-refractivity contribution in [1.82, 2.24) is 20.2 Å². The van der Waals surface area contributed by atoms with Crippen LogP contribution in [0.3, 0.4) is 0 Å². The Balaban J connectivity index is 1.44. The number of hydrogen-bond donors (Lipinski definition) is 1. The molecule has 1 unspecified atom stereocenters. The van der Waals surface area contributed by atoms with Gasteiger partial charge in [-0.1, -0.05) is 36.4 Å². The van der Waals surface area contributed by atoms with Crippen LogP contribution in [0.1, 0.15) is 27.7 Å². The predicted molar refractivity (Wildman–Crippen MR) is 121 cm³/mol. The van der Waals surface area contributed by atoms with Gasteiger partial charge in [-0.15, -0.1) is 0 Å². The van der Waals surface area contributed by atoms with E-state index in [0.29, 0.717) is 12.2 Å². The fourth-order valence-corrected chi connectivity index (χ4v) is 4.24. The molecule has 0 spiro atoms. The van der Waals surface area contributed by atoms with Crippen LogP contribution in [0.5, 0.6) is 0 Å². The van der Waals surface area contributed by atoms with Crippen molar-refractivity contribution in [3.8, 4) is 0 Å². The number of rotatable bonds is 4. The van der Waals surface area contributed by atoms with Crippen molar-refractivity contribution < 1.29 is 9.53 Å². The third-order valence-electron chi connectivity index (χ3n) is 5.82. The van der Waals surface area contributed by atoms with E-state index in [-0.39, 0.29) is 12.0 Å². The number of para-hydroxylation sites is 2. The molecule has 2 aromatic carbocycles. The first kappa shape index (κ1) is 19.6.